The number of hydrogen-bond acceptors (Lipinski definition) is 6. The van der Waals surface area contributed by atoms with Crippen LogP contribution in [0.2, 0.25) is 0 Å². The van der Waals surface area contributed by atoms with E-state index < -0.39 is 19.7 Å². The molecule has 4 rings (SSSR count). The Morgan fingerprint density at radius 3 is 2.48 bits per heavy atom. The Morgan fingerprint density at radius 1 is 1.15 bits per heavy atom. The van der Waals surface area contributed by atoms with Gasteiger partial charge in [-0.15, -0.1) is 0 Å². The molecule has 0 fully saturated rings. The number of ether oxygens (including phenoxy) is 2. The first kappa shape index (κ1) is 19.9. The van der Waals surface area contributed by atoms with Crippen molar-refractivity contribution >= 4 is 30.2 Å². The molecule has 0 aliphatic carbocycles. The summed E-state index contributed by atoms with van der Waals surface area (Å²) in [6, 6.07) is 11.1. The molecule has 3 aromatic rings. The molecule has 2 aromatic carbocycles. The van der Waals surface area contributed by atoms with E-state index in [2.05, 4.69) is 5.32 Å². The molecule has 1 amide bonds. The average molecular weight is 397 g/mol. The number of hydrogen-bond donors (Lipinski definition) is 2. The largest absolute Gasteiger partial charge is 1.00 e. The van der Waals surface area contributed by atoms with E-state index >= 15 is 0 Å². The standard InChI is InChI=1S/C17H14NO7P.Na/c19-17(18-12-3-1-10(2-4-12)8-26(20,21)22)16-6-11-5-14-15(24-9-23-14)7-13(11)25-16;/h1-7H,8-9H2,(H,18,19)(H2,20,21,22);/q;+1/p-1. The second-order valence-electron chi connectivity index (χ2n) is 5.80. The van der Waals surface area contributed by atoms with Crippen molar-refractivity contribution in [2.24, 2.45) is 0 Å². The Labute approximate surface area is 175 Å². The fourth-order valence-electron chi connectivity index (χ4n) is 2.66. The number of carbonyl (C=O) groups is 1. The molecule has 27 heavy (non-hydrogen) atoms. The number of amides is 1. The third-order valence-electron chi connectivity index (χ3n) is 3.83. The summed E-state index contributed by atoms with van der Waals surface area (Å²) in [6.45, 7) is 0.156. The molecular weight excluding hydrogens is 384 g/mol. The fraction of sp³-hybridized carbons (Fsp3) is 0.118. The van der Waals surface area contributed by atoms with Crippen molar-refractivity contribution in [2.75, 3.05) is 12.1 Å². The van der Waals surface area contributed by atoms with Crippen molar-refractivity contribution in [1.82, 2.24) is 0 Å². The molecule has 1 atom stereocenters. The van der Waals surface area contributed by atoms with Crippen molar-refractivity contribution in [3.63, 3.8) is 0 Å². The van der Waals surface area contributed by atoms with Gasteiger partial charge >= 0.3 is 29.6 Å². The molecule has 1 aliphatic rings. The van der Waals surface area contributed by atoms with E-state index in [0.717, 1.165) is 0 Å². The summed E-state index contributed by atoms with van der Waals surface area (Å²) in [6.07, 6.45) is -0.459. The van der Waals surface area contributed by atoms with Crippen molar-refractivity contribution in [3.8, 4) is 11.5 Å². The first-order valence-corrected chi connectivity index (χ1v) is 9.40. The molecule has 0 radical (unpaired) electrons. The molecule has 2 heterocycles. The van der Waals surface area contributed by atoms with E-state index in [4.69, 9.17) is 18.8 Å². The van der Waals surface area contributed by atoms with E-state index in [1.54, 1.807) is 30.3 Å². The SMILES string of the molecule is O=C(Nc1ccc(CP(=O)([O-])O)cc1)c1cc2cc3c(cc2o1)OCO3.[Na+]. The zero-order valence-electron chi connectivity index (χ0n) is 14.3. The minimum atomic E-state index is -4.37. The van der Waals surface area contributed by atoms with Gasteiger partial charge in [-0.3, -0.25) is 4.79 Å². The molecule has 10 heteroatoms. The second kappa shape index (κ2) is 7.67. The van der Waals surface area contributed by atoms with E-state index in [1.807, 2.05) is 0 Å². The van der Waals surface area contributed by atoms with Gasteiger partial charge in [0.25, 0.3) is 5.91 Å². The minimum Gasteiger partial charge on any atom is -0.778 e. The van der Waals surface area contributed by atoms with Crippen molar-refractivity contribution in [2.45, 2.75) is 6.16 Å². The molecular formula is C17H13NNaO7P. The summed E-state index contributed by atoms with van der Waals surface area (Å²) < 4.78 is 27.0. The molecule has 0 bridgehead atoms. The van der Waals surface area contributed by atoms with Crippen molar-refractivity contribution < 1.29 is 62.6 Å². The number of fused-ring (bicyclic) bond motifs is 2. The van der Waals surface area contributed by atoms with Crippen LogP contribution in [0.15, 0.2) is 46.9 Å². The number of carbonyl (C=O) groups excluding carboxylic acids is 1. The van der Waals surface area contributed by atoms with Gasteiger partial charge in [0.15, 0.2) is 17.3 Å². The monoisotopic (exact) mass is 397 g/mol. The number of nitrogens with one attached hydrogen (secondary N) is 1. The van der Waals surface area contributed by atoms with Gasteiger partial charge in [0.2, 0.25) is 6.79 Å². The molecule has 0 saturated heterocycles. The maximum absolute atomic E-state index is 12.3. The smallest absolute Gasteiger partial charge is 0.778 e. The predicted molar refractivity (Wildman–Crippen MR) is 90.3 cm³/mol. The molecule has 0 saturated carbocycles. The topological polar surface area (TPSA) is 121 Å². The Hall–Kier alpha value is -1.80. The van der Waals surface area contributed by atoms with Crippen LogP contribution in [0.3, 0.4) is 0 Å². The molecule has 1 aromatic heterocycles. The zero-order chi connectivity index (χ0) is 18.3. The Kier molecular flexibility index (Phi) is 5.67. The van der Waals surface area contributed by atoms with E-state index in [-0.39, 0.29) is 42.1 Å². The number of rotatable bonds is 4. The van der Waals surface area contributed by atoms with Gasteiger partial charge in [-0.1, -0.05) is 12.1 Å². The summed E-state index contributed by atoms with van der Waals surface area (Å²) >= 11 is 0. The summed E-state index contributed by atoms with van der Waals surface area (Å²) in [5, 5.41) is 3.37. The summed E-state index contributed by atoms with van der Waals surface area (Å²) in [5.41, 5.74) is 1.39. The van der Waals surface area contributed by atoms with Gasteiger partial charge in [0, 0.05) is 23.3 Å². The van der Waals surface area contributed by atoms with Gasteiger partial charge in [0.05, 0.1) is 0 Å². The van der Waals surface area contributed by atoms with E-state index in [9.17, 15) is 14.3 Å². The number of furan rings is 1. The minimum absolute atomic E-state index is 0. The van der Waals surface area contributed by atoms with Crippen LogP contribution in [-0.2, 0) is 10.7 Å². The fourth-order valence-corrected chi connectivity index (χ4v) is 3.33. The Bertz CT molecular complexity index is 1000. The normalized spacial score (nSPS) is 14.4. The second-order valence-corrected chi connectivity index (χ2v) is 7.39. The molecule has 1 aliphatic heterocycles. The third kappa shape index (κ3) is 4.55. The van der Waals surface area contributed by atoms with Crippen LogP contribution >= 0.6 is 7.60 Å². The van der Waals surface area contributed by atoms with Gasteiger partial charge in [0.1, 0.15) is 13.2 Å². The Morgan fingerprint density at radius 2 is 1.81 bits per heavy atom. The summed E-state index contributed by atoms with van der Waals surface area (Å²) in [5.74, 6) is 0.828. The van der Waals surface area contributed by atoms with Gasteiger partial charge in [-0.05, 0) is 29.8 Å². The van der Waals surface area contributed by atoms with E-state index in [0.29, 0.717) is 33.7 Å². The van der Waals surface area contributed by atoms with Crippen LogP contribution in [0.4, 0.5) is 5.69 Å². The van der Waals surface area contributed by atoms with Crippen LogP contribution < -0.4 is 49.2 Å². The maximum atomic E-state index is 12.3. The van der Waals surface area contributed by atoms with Crippen LogP contribution in [0.5, 0.6) is 11.5 Å². The first-order chi connectivity index (χ1) is 12.4. The predicted octanol–water partition coefficient (Wildman–Crippen LogP) is -0.537. The average Bonchev–Trinajstić information content (AvgIpc) is 3.18. The van der Waals surface area contributed by atoms with E-state index in [1.165, 1.54) is 12.1 Å². The summed E-state index contributed by atoms with van der Waals surface area (Å²) in [7, 11) is -4.37. The van der Waals surface area contributed by atoms with Crippen molar-refractivity contribution in [1.29, 1.82) is 0 Å². The molecule has 1 unspecified atom stereocenters. The van der Waals surface area contributed by atoms with Crippen LogP contribution in [0.1, 0.15) is 16.1 Å². The molecule has 8 nitrogen and oxygen atoms in total. The Balaban J connectivity index is 0.00000210. The number of anilines is 1. The quantitative estimate of drug-likeness (QED) is 0.448. The third-order valence-corrected chi connectivity index (χ3v) is 4.59. The van der Waals surface area contributed by atoms with Crippen LogP contribution in [-0.4, -0.2) is 17.6 Å². The van der Waals surface area contributed by atoms with Gasteiger partial charge in [-0.25, -0.2) is 0 Å². The van der Waals surface area contributed by atoms with Gasteiger partial charge < -0.3 is 33.6 Å². The van der Waals surface area contributed by atoms with Crippen molar-refractivity contribution in [3.05, 3.63) is 53.8 Å². The molecule has 0 spiro atoms. The van der Waals surface area contributed by atoms with Crippen LogP contribution in [0.25, 0.3) is 11.0 Å². The summed E-state index contributed by atoms with van der Waals surface area (Å²) in [4.78, 5) is 32.1. The number of benzene rings is 2. The van der Waals surface area contributed by atoms with Crippen LogP contribution in [0, 0.1) is 0 Å². The first-order valence-electron chi connectivity index (χ1n) is 7.64. The molecule has 134 valence electrons. The molecule has 2 N–H and O–H groups in total. The van der Waals surface area contributed by atoms with Gasteiger partial charge in [-0.2, -0.15) is 0 Å². The zero-order valence-corrected chi connectivity index (χ0v) is 17.2. The maximum Gasteiger partial charge on any atom is 1.00 e.